The molecule has 3 atom stereocenters. The maximum absolute atomic E-state index is 13.3. The highest BCUT2D eigenvalue weighted by Gasteiger charge is 2.31. The molecular formula is C37H45N3O7SSi. The van der Waals surface area contributed by atoms with Crippen molar-refractivity contribution >= 4 is 43.9 Å². The predicted octanol–water partition coefficient (Wildman–Crippen LogP) is 6.45. The van der Waals surface area contributed by atoms with E-state index in [2.05, 4.69) is 47.7 Å². The fourth-order valence-electron chi connectivity index (χ4n) is 5.41. The zero-order valence-corrected chi connectivity index (χ0v) is 30.4. The molecule has 0 saturated heterocycles. The molecule has 1 aliphatic rings. The summed E-state index contributed by atoms with van der Waals surface area (Å²) < 4.78 is 15.9. The minimum atomic E-state index is -1.39. The third kappa shape index (κ3) is 11.0. The van der Waals surface area contributed by atoms with Crippen LogP contribution >= 0.6 is 11.8 Å². The molecule has 3 aromatic carbocycles. The Labute approximate surface area is 293 Å². The number of carbonyl (C=O) groups is 4. The average molecular weight is 704 g/mol. The number of hydrogen-bond acceptors (Lipinski definition) is 8. The van der Waals surface area contributed by atoms with Crippen LogP contribution in [0.15, 0.2) is 90.5 Å². The van der Waals surface area contributed by atoms with Gasteiger partial charge in [0.1, 0.15) is 18.7 Å². The molecule has 12 heteroatoms. The Kier molecular flexibility index (Phi) is 13.5. The molecule has 0 aliphatic heterocycles. The van der Waals surface area contributed by atoms with Crippen LogP contribution in [0.5, 0.6) is 0 Å². The number of benzene rings is 3. The Balaban J connectivity index is 1.34. The molecule has 0 unspecified atom stereocenters. The molecule has 3 amide bonds. The monoisotopic (exact) mass is 703 g/mol. The van der Waals surface area contributed by atoms with Gasteiger partial charge in [0, 0.05) is 31.9 Å². The highest BCUT2D eigenvalue weighted by Crippen LogP contribution is 2.44. The first-order valence-corrected chi connectivity index (χ1v) is 20.9. The Bertz CT molecular complexity index is 1580. The third-order valence-electron chi connectivity index (χ3n) is 8.10. The highest BCUT2D eigenvalue weighted by molar-refractivity contribution is 8.02. The van der Waals surface area contributed by atoms with E-state index < -0.39 is 49.5 Å². The summed E-state index contributed by atoms with van der Waals surface area (Å²) in [6, 6.07) is 24.4. The van der Waals surface area contributed by atoms with Crippen LogP contribution in [-0.4, -0.2) is 69.8 Å². The van der Waals surface area contributed by atoms with Gasteiger partial charge in [0.25, 0.3) is 0 Å². The Morgan fingerprint density at radius 1 is 0.837 bits per heavy atom. The molecule has 3 N–H and O–H groups in total. The molecule has 0 spiro atoms. The lowest BCUT2D eigenvalue weighted by atomic mass is 9.98. The fourth-order valence-corrected chi connectivity index (χ4v) is 6.86. The van der Waals surface area contributed by atoms with Gasteiger partial charge in [0.05, 0.1) is 13.7 Å². The summed E-state index contributed by atoms with van der Waals surface area (Å²) in [4.78, 5) is 51.2. The van der Waals surface area contributed by atoms with Crippen LogP contribution < -0.4 is 16.0 Å². The highest BCUT2D eigenvalue weighted by atomic mass is 32.2. The van der Waals surface area contributed by atoms with Crippen LogP contribution in [0.3, 0.4) is 0 Å². The molecular weight excluding hydrogens is 659 g/mol. The lowest BCUT2D eigenvalue weighted by Crippen LogP contribution is -2.47. The van der Waals surface area contributed by atoms with Gasteiger partial charge in [-0.25, -0.2) is 14.4 Å². The molecule has 0 saturated carbocycles. The van der Waals surface area contributed by atoms with Crippen LogP contribution in [0.2, 0.25) is 25.7 Å². The molecule has 0 radical (unpaired) electrons. The van der Waals surface area contributed by atoms with E-state index in [4.69, 9.17) is 14.2 Å². The molecule has 260 valence electrons. The second-order valence-corrected chi connectivity index (χ2v) is 19.9. The van der Waals surface area contributed by atoms with E-state index in [9.17, 15) is 19.2 Å². The zero-order chi connectivity index (χ0) is 35.4. The number of amides is 3. The number of alkyl carbamates (subject to hydrolysis) is 2. The first-order valence-electron chi connectivity index (χ1n) is 16.2. The number of ether oxygens (including phenoxy) is 3. The molecule has 3 aromatic rings. The molecule has 1 aliphatic carbocycles. The molecule has 4 rings (SSSR count). The largest absolute Gasteiger partial charge is 0.467 e. The maximum atomic E-state index is 13.3. The van der Waals surface area contributed by atoms with Gasteiger partial charge in [0.15, 0.2) is 0 Å². The zero-order valence-electron chi connectivity index (χ0n) is 28.6. The van der Waals surface area contributed by atoms with Crippen molar-refractivity contribution in [2.24, 2.45) is 0 Å². The lowest BCUT2D eigenvalue weighted by Gasteiger charge is -2.22. The summed E-state index contributed by atoms with van der Waals surface area (Å²) in [6.07, 6.45) is 0.277. The number of nitrogens with one attached hydrogen (secondary N) is 3. The van der Waals surface area contributed by atoms with E-state index in [1.165, 1.54) is 25.1 Å². The van der Waals surface area contributed by atoms with Gasteiger partial charge in [-0.3, -0.25) is 4.79 Å². The normalized spacial score (nSPS) is 14.1. The van der Waals surface area contributed by atoms with Crippen molar-refractivity contribution in [2.75, 3.05) is 20.3 Å². The van der Waals surface area contributed by atoms with Gasteiger partial charge in [-0.15, -0.1) is 11.8 Å². The number of rotatable bonds is 15. The van der Waals surface area contributed by atoms with Crippen molar-refractivity contribution in [3.63, 3.8) is 0 Å². The summed E-state index contributed by atoms with van der Waals surface area (Å²) >= 11 is 1.21. The minimum Gasteiger partial charge on any atom is -0.467 e. The van der Waals surface area contributed by atoms with Crippen molar-refractivity contribution in [1.82, 2.24) is 16.0 Å². The SMILES string of the molecule is COC(=O)[C@H](NC(=O)OCC[Si](C)(C)C)[C@H](C)S/C=C/NC(=O)[C@H](Cc1ccccc1)NC(=O)OCC1c2ccccc2-c2ccccc21. The van der Waals surface area contributed by atoms with Crippen molar-refractivity contribution in [1.29, 1.82) is 0 Å². The quantitative estimate of drug-likeness (QED) is 0.0935. The Morgan fingerprint density at radius 3 is 2.04 bits per heavy atom. The molecule has 0 heterocycles. The van der Waals surface area contributed by atoms with Crippen LogP contribution in [0.1, 0.15) is 29.5 Å². The van der Waals surface area contributed by atoms with Crippen LogP contribution in [0, 0.1) is 0 Å². The van der Waals surface area contributed by atoms with E-state index in [1.807, 2.05) is 66.7 Å². The number of hydrogen-bond donors (Lipinski definition) is 3. The number of carbonyl (C=O) groups excluding carboxylic acids is 4. The van der Waals surface area contributed by atoms with E-state index in [0.717, 1.165) is 33.9 Å². The van der Waals surface area contributed by atoms with E-state index in [0.29, 0.717) is 0 Å². The lowest BCUT2D eigenvalue weighted by molar-refractivity contribution is -0.142. The fraction of sp³-hybridized carbons (Fsp3) is 0.351. The smallest absolute Gasteiger partial charge is 0.407 e. The summed E-state index contributed by atoms with van der Waals surface area (Å²) in [5.41, 5.74) is 5.29. The number of methoxy groups -OCH3 is 1. The standard InChI is InChI=1S/C37H45N3O7SSi/c1-25(33(35(42)45-2)40-37(44)46-20-22-49(3,4)5)48-21-19-38-34(41)32(23-26-13-7-6-8-14-26)39-36(43)47-24-31-29-17-11-9-15-27(29)28-16-10-12-18-30(28)31/h6-19,21,25,31-33H,20,22-24H2,1-5H3,(H,38,41)(H,39,43)(H,40,44)/b21-19+/t25-,32-,33+/m0/s1. The molecule has 0 aromatic heterocycles. The summed E-state index contributed by atoms with van der Waals surface area (Å²) in [7, 11) is -0.146. The van der Waals surface area contributed by atoms with Gasteiger partial charge in [-0.1, -0.05) is 105 Å². The van der Waals surface area contributed by atoms with E-state index in [-0.39, 0.29) is 25.6 Å². The summed E-state index contributed by atoms with van der Waals surface area (Å²) in [5.74, 6) is -1.18. The van der Waals surface area contributed by atoms with Crippen LogP contribution in [-0.2, 0) is 30.2 Å². The van der Waals surface area contributed by atoms with Crippen molar-refractivity contribution in [2.45, 2.75) is 62.3 Å². The average Bonchev–Trinajstić information content (AvgIpc) is 3.40. The molecule has 0 bridgehead atoms. The first-order chi connectivity index (χ1) is 23.5. The van der Waals surface area contributed by atoms with Crippen molar-refractivity contribution < 1.29 is 33.4 Å². The van der Waals surface area contributed by atoms with Gasteiger partial charge in [-0.2, -0.15) is 0 Å². The predicted molar refractivity (Wildman–Crippen MR) is 195 cm³/mol. The topological polar surface area (TPSA) is 132 Å². The first kappa shape index (κ1) is 37.3. The van der Waals surface area contributed by atoms with Gasteiger partial charge < -0.3 is 30.2 Å². The number of esters is 1. The van der Waals surface area contributed by atoms with Gasteiger partial charge in [0.2, 0.25) is 5.91 Å². The molecule has 10 nitrogen and oxygen atoms in total. The maximum Gasteiger partial charge on any atom is 0.407 e. The van der Waals surface area contributed by atoms with Crippen molar-refractivity contribution in [3.8, 4) is 11.1 Å². The Morgan fingerprint density at radius 2 is 1.43 bits per heavy atom. The number of thioether (sulfide) groups is 1. The summed E-state index contributed by atoms with van der Waals surface area (Å²) in [5, 5.41) is 9.19. The second-order valence-electron chi connectivity index (χ2n) is 13.0. The molecule has 0 fully saturated rings. The van der Waals surface area contributed by atoms with Gasteiger partial charge >= 0.3 is 18.2 Å². The van der Waals surface area contributed by atoms with Crippen LogP contribution in [0.4, 0.5) is 9.59 Å². The van der Waals surface area contributed by atoms with E-state index in [1.54, 1.807) is 12.3 Å². The van der Waals surface area contributed by atoms with Gasteiger partial charge in [-0.05, 0) is 39.3 Å². The second kappa shape index (κ2) is 17.7. The minimum absolute atomic E-state index is 0.114. The number of fused-ring (bicyclic) bond motifs is 3. The van der Waals surface area contributed by atoms with E-state index >= 15 is 0 Å². The Hall–Kier alpha value is -4.55. The molecule has 49 heavy (non-hydrogen) atoms. The third-order valence-corrected chi connectivity index (χ3v) is 10.8. The summed E-state index contributed by atoms with van der Waals surface area (Å²) in [6.45, 7) is 8.67. The van der Waals surface area contributed by atoms with Crippen LogP contribution in [0.25, 0.3) is 11.1 Å². The van der Waals surface area contributed by atoms with Crippen molar-refractivity contribution in [3.05, 3.63) is 107 Å².